The predicted molar refractivity (Wildman–Crippen MR) is 71.2 cm³/mol. The number of carbonyl (C=O) groups excluding carboxylic acids is 1. The lowest BCUT2D eigenvalue weighted by Crippen LogP contribution is -2.20. The van der Waals surface area contributed by atoms with Crippen LogP contribution in [0.1, 0.15) is 48.5 Å². The molecule has 0 spiro atoms. The highest BCUT2D eigenvalue weighted by atomic mass is 16.1. The van der Waals surface area contributed by atoms with Crippen molar-refractivity contribution >= 4 is 5.91 Å². The van der Waals surface area contributed by atoms with Crippen LogP contribution < -0.4 is 5.32 Å². The van der Waals surface area contributed by atoms with E-state index >= 15 is 0 Å². The van der Waals surface area contributed by atoms with E-state index in [1.807, 2.05) is 10.9 Å². The van der Waals surface area contributed by atoms with Crippen molar-refractivity contribution in [2.75, 3.05) is 0 Å². The lowest BCUT2D eigenvalue weighted by Gasteiger charge is -2.21. The third-order valence-electron chi connectivity index (χ3n) is 3.33. The monoisotopic (exact) mass is 245 g/mol. The van der Waals surface area contributed by atoms with E-state index in [0.29, 0.717) is 17.3 Å². The minimum atomic E-state index is -0.179. The number of rotatable bonds is 4. The fourth-order valence-electron chi connectivity index (χ4n) is 2.27. The average molecular weight is 245 g/mol. The van der Waals surface area contributed by atoms with Gasteiger partial charge in [-0.2, -0.15) is 5.10 Å². The molecule has 1 aliphatic rings. The number of hydrogen-bond donors (Lipinski definition) is 1. The van der Waals surface area contributed by atoms with Gasteiger partial charge in [-0.15, -0.1) is 0 Å². The van der Waals surface area contributed by atoms with E-state index in [1.54, 1.807) is 6.20 Å². The fourth-order valence-corrected chi connectivity index (χ4v) is 2.27. The number of carbonyl (C=O) groups is 1. The van der Waals surface area contributed by atoms with Gasteiger partial charge in [0, 0.05) is 11.9 Å². The van der Waals surface area contributed by atoms with Gasteiger partial charge in [-0.1, -0.05) is 32.4 Å². The van der Waals surface area contributed by atoms with Gasteiger partial charge in [0.15, 0.2) is 0 Å². The molecule has 1 saturated carbocycles. The van der Waals surface area contributed by atoms with Crippen LogP contribution in [0, 0.1) is 0 Å². The Morgan fingerprint density at radius 3 is 2.83 bits per heavy atom. The molecule has 0 unspecified atom stereocenters. The predicted octanol–water partition coefficient (Wildman–Crippen LogP) is 2.82. The minimum Gasteiger partial charge on any atom is -0.322 e. The summed E-state index contributed by atoms with van der Waals surface area (Å²) in [6.45, 7) is 7.21. The second-order valence-electron chi connectivity index (χ2n) is 4.68. The van der Waals surface area contributed by atoms with Gasteiger partial charge in [-0.25, -0.2) is 0 Å². The van der Waals surface area contributed by atoms with E-state index in [9.17, 15) is 4.79 Å². The van der Waals surface area contributed by atoms with Gasteiger partial charge < -0.3 is 5.32 Å². The van der Waals surface area contributed by atoms with Gasteiger partial charge in [0.1, 0.15) is 0 Å². The molecule has 96 valence electrons. The van der Waals surface area contributed by atoms with Crippen molar-refractivity contribution in [2.24, 2.45) is 0 Å². The van der Waals surface area contributed by atoms with Crippen LogP contribution in [0.5, 0.6) is 0 Å². The number of nitrogens with zero attached hydrogens (tertiary/aromatic N) is 2. The van der Waals surface area contributed by atoms with E-state index in [-0.39, 0.29) is 5.91 Å². The normalized spacial score (nSPS) is 16.2. The average Bonchev–Trinajstić information content (AvgIpc) is 2.89. The Morgan fingerprint density at radius 1 is 1.44 bits per heavy atom. The summed E-state index contributed by atoms with van der Waals surface area (Å²) in [6.07, 6.45) is 11.1. The zero-order valence-corrected chi connectivity index (χ0v) is 10.6. The van der Waals surface area contributed by atoms with Gasteiger partial charge >= 0.3 is 0 Å². The standard InChI is InChI=1S/C14H19N3O/c1-3-11(2)16-14(18)12-9-15-17(10-12)13-7-5-4-6-8-13/h3,9-10,13H,1-2,4-8H2,(H,16,18). The Balaban J connectivity index is 2.02. The summed E-state index contributed by atoms with van der Waals surface area (Å²) in [4.78, 5) is 11.8. The molecule has 1 fully saturated rings. The topological polar surface area (TPSA) is 46.9 Å². The van der Waals surface area contributed by atoms with Crippen LogP contribution in [-0.4, -0.2) is 15.7 Å². The summed E-state index contributed by atoms with van der Waals surface area (Å²) in [5, 5.41) is 6.95. The third kappa shape index (κ3) is 2.88. The van der Waals surface area contributed by atoms with Crippen molar-refractivity contribution in [1.29, 1.82) is 0 Å². The molecule has 4 nitrogen and oxygen atoms in total. The first-order valence-electron chi connectivity index (χ1n) is 6.37. The molecule has 0 aromatic carbocycles. The number of nitrogens with one attached hydrogen (secondary N) is 1. The lowest BCUT2D eigenvalue weighted by molar-refractivity contribution is 0.0967. The molecule has 0 bridgehead atoms. The van der Waals surface area contributed by atoms with Crippen molar-refractivity contribution in [3.63, 3.8) is 0 Å². The molecule has 1 heterocycles. The Hall–Kier alpha value is -1.84. The molecule has 2 rings (SSSR count). The molecule has 0 radical (unpaired) electrons. The molecule has 1 amide bonds. The Bertz CT molecular complexity index is 455. The van der Waals surface area contributed by atoms with Crippen LogP contribution in [0.3, 0.4) is 0 Å². The van der Waals surface area contributed by atoms with Gasteiger partial charge in [0.25, 0.3) is 5.91 Å². The lowest BCUT2D eigenvalue weighted by atomic mass is 9.96. The molecule has 0 aliphatic heterocycles. The maximum Gasteiger partial charge on any atom is 0.258 e. The molecular weight excluding hydrogens is 226 g/mol. The van der Waals surface area contributed by atoms with Gasteiger partial charge in [0.2, 0.25) is 0 Å². The van der Waals surface area contributed by atoms with Crippen LogP contribution in [0.4, 0.5) is 0 Å². The first-order chi connectivity index (χ1) is 8.70. The van der Waals surface area contributed by atoms with Crippen molar-refractivity contribution in [3.8, 4) is 0 Å². The molecule has 1 aliphatic carbocycles. The fraction of sp³-hybridized carbons (Fsp3) is 0.429. The minimum absolute atomic E-state index is 0.179. The van der Waals surface area contributed by atoms with Crippen molar-refractivity contribution in [2.45, 2.75) is 38.1 Å². The van der Waals surface area contributed by atoms with Crippen LogP contribution in [0.15, 0.2) is 37.3 Å². The Labute approximate surface area is 107 Å². The second-order valence-corrected chi connectivity index (χ2v) is 4.68. The highest BCUT2D eigenvalue weighted by molar-refractivity contribution is 5.95. The van der Waals surface area contributed by atoms with Gasteiger partial charge in [-0.05, 0) is 18.9 Å². The molecule has 1 N–H and O–H groups in total. The number of amides is 1. The summed E-state index contributed by atoms with van der Waals surface area (Å²) in [5.74, 6) is -0.179. The summed E-state index contributed by atoms with van der Waals surface area (Å²) >= 11 is 0. The Kier molecular flexibility index (Phi) is 3.97. The van der Waals surface area contributed by atoms with E-state index in [1.165, 1.54) is 25.3 Å². The quantitative estimate of drug-likeness (QED) is 0.829. The molecule has 0 saturated heterocycles. The maximum atomic E-state index is 11.8. The number of hydrogen-bond acceptors (Lipinski definition) is 2. The van der Waals surface area contributed by atoms with Crippen LogP contribution >= 0.6 is 0 Å². The zero-order chi connectivity index (χ0) is 13.0. The molecule has 1 aromatic heterocycles. The van der Waals surface area contributed by atoms with Gasteiger partial charge in [0.05, 0.1) is 17.8 Å². The summed E-state index contributed by atoms with van der Waals surface area (Å²) < 4.78 is 1.92. The van der Waals surface area contributed by atoms with Crippen molar-refractivity contribution < 1.29 is 4.79 Å². The smallest absolute Gasteiger partial charge is 0.258 e. The number of allylic oxidation sites excluding steroid dienone is 1. The first-order valence-corrected chi connectivity index (χ1v) is 6.37. The highest BCUT2D eigenvalue weighted by Crippen LogP contribution is 2.27. The first kappa shape index (κ1) is 12.6. The maximum absolute atomic E-state index is 11.8. The summed E-state index contributed by atoms with van der Waals surface area (Å²) in [6, 6.07) is 0.447. The largest absolute Gasteiger partial charge is 0.322 e. The van der Waals surface area contributed by atoms with Crippen molar-refractivity contribution in [1.82, 2.24) is 15.1 Å². The van der Waals surface area contributed by atoms with Crippen LogP contribution in [-0.2, 0) is 0 Å². The van der Waals surface area contributed by atoms with E-state index in [2.05, 4.69) is 23.6 Å². The zero-order valence-electron chi connectivity index (χ0n) is 10.6. The van der Waals surface area contributed by atoms with E-state index in [0.717, 1.165) is 12.8 Å². The third-order valence-corrected chi connectivity index (χ3v) is 3.33. The molecular formula is C14H19N3O. The Morgan fingerprint density at radius 2 is 2.17 bits per heavy atom. The van der Waals surface area contributed by atoms with E-state index in [4.69, 9.17) is 0 Å². The second kappa shape index (κ2) is 5.67. The van der Waals surface area contributed by atoms with E-state index < -0.39 is 0 Å². The molecule has 18 heavy (non-hydrogen) atoms. The van der Waals surface area contributed by atoms with Gasteiger partial charge in [-0.3, -0.25) is 9.48 Å². The van der Waals surface area contributed by atoms with Crippen molar-refractivity contribution in [3.05, 3.63) is 42.9 Å². The number of aromatic nitrogens is 2. The molecule has 1 aromatic rings. The summed E-state index contributed by atoms with van der Waals surface area (Å²) in [7, 11) is 0. The molecule has 0 atom stereocenters. The van der Waals surface area contributed by atoms with Crippen LogP contribution in [0.2, 0.25) is 0 Å². The highest BCUT2D eigenvalue weighted by Gasteiger charge is 2.17. The SMILES string of the molecule is C=CC(=C)NC(=O)c1cnn(C2CCCCC2)c1. The van der Waals surface area contributed by atoms with Crippen LogP contribution in [0.25, 0.3) is 0 Å². The molecule has 4 heteroatoms. The summed E-state index contributed by atoms with van der Waals surface area (Å²) in [5.41, 5.74) is 1.08.